The first-order valence-electron chi connectivity index (χ1n) is 9.71. The van der Waals surface area contributed by atoms with Gasteiger partial charge in [0, 0.05) is 31.2 Å². The molecular formula is C21H22BrFN2O6S. The largest absolute Gasteiger partial charge is 0.452 e. The molecule has 0 N–H and O–H groups in total. The van der Waals surface area contributed by atoms with Crippen molar-refractivity contribution in [3.05, 3.63) is 63.9 Å². The highest BCUT2D eigenvalue weighted by Gasteiger charge is 2.29. The molecule has 0 saturated carbocycles. The van der Waals surface area contributed by atoms with Gasteiger partial charge in [0.1, 0.15) is 5.82 Å². The van der Waals surface area contributed by atoms with Crippen molar-refractivity contribution >= 4 is 37.8 Å². The van der Waals surface area contributed by atoms with Gasteiger partial charge in [0.15, 0.2) is 6.61 Å². The fourth-order valence-electron chi connectivity index (χ4n) is 3.03. The normalized spacial score (nSPS) is 14.7. The van der Waals surface area contributed by atoms with Crippen molar-refractivity contribution in [2.45, 2.75) is 11.4 Å². The zero-order valence-electron chi connectivity index (χ0n) is 17.3. The number of ether oxygens (including phenoxy) is 2. The lowest BCUT2D eigenvalue weighted by atomic mass is 10.2. The molecule has 2 aromatic carbocycles. The van der Waals surface area contributed by atoms with Crippen LogP contribution in [0.2, 0.25) is 0 Å². The monoisotopic (exact) mass is 528 g/mol. The van der Waals surface area contributed by atoms with Crippen LogP contribution in [0.4, 0.5) is 4.39 Å². The molecule has 11 heteroatoms. The van der Waals surface area contributed by atoms with E-state index in [1.807, 2.05) is 0 Å². The number of rotatable bonds is 7. The van der Waals surface area contributed by atoms with Gasteiger partial charge in [-0.1, -0.05) is 12.1 Å². The second-order valence-electron chi connectivity index (χ2n) is 7.11. The maximum atomic E-state index is 13.0. The lowest BCUT2D eigenvalue weighted by Crippen LogP contribution is -2.40. The highest BCUT2D eigenvalue weighted by Crippen LogP contribution is 2.27. The molecule has 0 unspecified atom stereocenters. The molecule has 0 atom stereocenters. The second-order valence-corrected chi connectivity index (χ2v) is 9.87. The minimum atomic E-state index is -3.83. The van der Waals surface area contributed by atoms with Gasteiger partial charge in [0.25, 0.3) is 5.91 Å². The SMILES string of the molecule is CN(Cc1ccc(F)cc1)C(=O)COC(=O)c1ccc(Br)c(S(=O)(=O)N2CCOCC2)c1. The number of amides is 1. The van der Waals surface area contributed by atoms with E-state index in [1.165, 1.54) is 46.6 Å². The van der Waals surface area contributed by atoms with Crippen molar-refractivity contribution in [3.63, 3.8) is 0 Å². The smallest absolute Gasteiger partial charge is 0.338 e. The van der Waals surface area contributed by atoms with Crippen molar-refractivity contribution in [2.75, 3.05) is 40.0 Å². The highest BCUT2D eigenvalue weighted by molar-refractivity contribution is 9.10. The summed E-state index contributed by atoms with van der Waals surface area (Å²) in [6, 6.07) is 9.80. The van der Waals surface area contributed by atoms with E-state index >= 15 is 0 Å². The minimum Gasteiger partial charge on any atom is -0.452 e. The molecule has 2 aromatic rings. The van der Waals surface area contributed by atoms with Crippen molar-refractivity contribution < 1.29 is 31.9 Å². The Hall–Kier alpha value is -2.34. The molecule has 32 heavy (non-hydrogen) atoms. The quantitative estimate of drug-likeness (QED) is 0.512. The fraction of sp³-hybridized carbons (Fsp3) is 0.333. The highest BCUT2D eigenvalue weighted by atomic mass is 79.9. The molecule has 8 nitrogen and oxygen atoms in total. The van der Waals surface area contributed by atoms with Gasteiger partial charge in [-0.3, -0.25) is 4.79 Å². The topological polar surface area (TPSA) is 93.2 Å². The van der Waals surface area contributed by atoms with E-state index in [0.717, 1.165) is 5.56 Å². The number of hydrogen-bond donors (Lipinski definition) is 0. The standard InChI is InChI=1S/C21H22BrFN2O6S/c1-24(13-15-2-5-17(23)6-3-15)20(26)14-31-21(27)16-4-7-18(22)19(12-16)32(28,29)25-8-10-30-11-9-25/h2-7,12H,8-11,13-14H2,1H3. The number of nitrogens with zero attached hydrogens (tertiary/aromatic N) is 2. The van der Waals surface area contributed by atoms with Crippen molar-refractivity contribution in [1.82, 2.24) is 9.21 Å². The van der Waals surface area contributed by atoms with E-state index in [2.05, 4.69) is 15.9 Å². The lowest BCUT2D eigenvalue weighted by molar-refractivity contribution is -0.133. The van der Waals surface area contributed by atoms with Gasteiger partial charge in [-0.25, -0.2) is 17.6 Å². The Balaban J connectivity index is 1.64. The van der Waals surface area contributed by atoms with E-state index in [4.69, 9.17) is 9.47 Å². The minimum absolute atomic E-state index is 0.00835. The Kier molecular flexibility index (Phi) is 7.99. The van der Waals surface area contributed by atoms with Crippen LogP contribution in [0.25, 0.3) is 0 Å². The van der Waals surface area contributed by atoms with E-state index in [-0.39, 0.29) is 35.9 Å². The molecule has 0 spiro atoms. The number of likely N-dealkylation sites (N-methyl/N-ethyl adjacent to an activating group) is 1. The van der Waals surface area contributed by atoms with Crippen LogP contribution in [0, 0.1) is 5.82 Å². The zero-order valence-corrected chi connectivity index (χ0v) is 19.7. The molecule has 0 radical (unpaired) electrons. The predicted molar refractivity (Wildman–Crippen MR) is 117 cm³/mol. The van der Waals surface area contributed by atoms with E-state index in [1.54, 1.807) is 12.1 Å². The molecule has 1 fully saturated rings. The Morgan fingerprint density at radius 3 is 2.47 bits per heavy atom. The van der Waals surface area contributed by atoms with Crippen LogP contribution in [0.5, 0.6) is 0 Å². The number of sulfonamides is 1. The van der Waals surface area contributed by atoms with Crippen LogP contribution in [0.3, 0.4) is 0 Å². The van der Waals surface area contributed by atoms with Crippen LogP contribution in [-0.2, 0) is 30.8 Å². The first-order chi connectivity index (χ1) is 15.2. The fourth-order valence-corrected chi connectivity index (χ4v) is 5.39. The average Bonchev–Trinajstić information content (AvgIpc) is 2.79. The molecule has 1 aliphatic rings. The van der Waals surface area contributed by atoms with Crippen molar-refractivity contribution in [3.8, 4) is 0 Å². The van der Waals surface area contributed by atoms with Gasteiger partial charge in [-0.2, -0.15) is 4.31 Å². The molecule has 0 aromatic heterocycles. The van der Waals surface area contributed by atoms with Gasteiger partial charge in [-0.15, -0.1) is 0 Å². The predicted octanol–water partition coefficient (Wildman–Crippen LogP) is 2.42. The molecule has 3 rings (SSSR count). The zero-order chi connectivity index (χ0) is 23.3. The molecular weight excluding hydrogens is 507 g/mol. The Labute approximate surface area is 194 Å². The van der Waals surface area contributed by atoms with Gasteiger partial charge in [0.2, 0.25) is 10.0 Å². The van der Waals surface area contributed by atoms with E-state index in [0.29, 0.717) is 17.7 Å². The van der Waals surface area contributed by atoms with Gasteiger partial charge in [-0.05, 0) is 51.8 Å². The third-order valence-electron chi connectivity index (χ3n) is 4.84. The van der Waals surface area contributed by atoms with E-state index in [9.17, 15) is 22.4 Å². The lowest BCUT2D eigenvalue weighted by Gasteiger charge is -2.26. The molecule has 0 aliphatic carbocycles. The van der Waals surface area contributed by atoms with Crippen molar-refractivity contribution in [2.24, 2.45) is 0 Å². The second kappa shape index (κ2) is 10.5. The Morgan fingerprint density at radius 2 is 1.81 bits per heavy atom. The summed E-state index contributed by atoms with van der Waals surface area (Å²) in [6.07, 6.45) is 0. The number of esters is 1. The summed E-state index contributed by atoms with van der Waals surface area (Å²) in [6.45, 7) is 0.740. The molecule has 0 bridgehead atoms. The molecule has 1 amide bonds. The van der Waals surface area contributed by atoms with Crippen LogP contribution in [0.15, 0.2) is 51.8 Å². The summed E-state index contributed by atoms with van der Waals surface area (Å²) in [5.74, 6) is -1.65. The number of halogens is 2. The molecule has 172 valence electrons. The van der Waals surface area contributed by atoms with Gasteiger partial charge in [0.05, 0.1) is 23.7 Å². The summed E-state index contributed by atoms with van der Waals surface area (Å²) >= 11 is 3.23. The molecule has 1 heterocycles. The van der Waals surface area contributed by atoms with E-state index < -0.39 is 28.5 Å². The number of hydrogen-bond acceptors (Lipinski definition) is 6. The number of carbonyl (C=O) groups excluding carboxylic acids is 2. The molecule has 1 saturated heterocycles. The summed E-state index contributed by atoms with van der Waals surface area (Å²) in [7, 11) is -2.30. The first kappa shape index (κ1) is 24.3. The Bertz CT molecular complexity index is 1090. The summed E-state index contributed by atoms with van der Waals surface area (Å²) in [5.41, 5.74) is 0.730. The first-order valence-corrected chi connectivity index (χ1v) is 11.9. The maximum absolute atomic E-state index is 13.0. The number of morpholine rings is 1. The van der Waals surface area contributed by atoms with Gasteiger partial charge >= 0.3 is 5.97 Å². The van der Waals surface area contributed by atoms with Crippen LogP contribution in [-0.4, -0.2) is 69.5 Å². The Morgan fingerprint density at radius 1 is 1.16 bits per heavy atom. The van der Waals surface area contributed by atoms with Crippen LogP contribution >= 0.6 is 15.9 Å². The van der Waals surface area contributed by atoms with Gasteiger partial charge < -0.3 is 14.4 Å². The third kappa shape index (κ3) is 5.91. The van der Waals surface area contributed by atoms with Crippen LogP contribution in [0.1, 0.15) is 15.9 Å². The molecule has 1 aliphatic heterocycles. The van der Waals surface area contributed by atoms with Crippen LogP contribution < -0.4 is 0 Å². The summed E-state index contributed by atoms with van der Waals surface area (Å²) in [5, 5.41) is 0. The maximum Gasteiger partial charge on any atom is 0.338 e. The third-order valence-corrected chi connectivity index (χ3v) is 7.73. The average molecular weight is 529 g/mol. The summed E-state index contributed by atoms with van der Waals surface area (Å²) < 4.78 is 50.8. The summed E-state index contributed by atoms with van der Waals surface area (Å²) in [4.78, 5) is 26.0. The number of carbonyl (C=O) groups is 2. The van der Waals surface area contributed by atoms with Crippen molar-refractivity contribution in [1.29, 1.82) is 0 Å². The number of benzene rings is 2.